The normalized spacial score (nSPS) is 11.7. The van der Waals surface area contributed by atoms with Crippen molar-refractivity contribution in [2.45, 2.75) is 0 Å². The second kappa shape index (κ2) is 13.6. The molecule has 0 atom stereocenters. The average molecular weight is 770 g/mol. The third-order valence-corrected chi connectivity index (χ3v) is 13.1. The summed E-state index contributed by atoms with van der Waals surface area (Å²) in [6, 6.07) is 76.9. The van der Waals surface area contributed by atoms with E-state index in [9.17, 15) is 0 Å². The molecule has 0 radical (unpaired) electrons. The van der Waals surface area contributed by atoms with Crippen molar-refractivity contribution < 1.29 is 4.42 Å². The number of anilines is 3. The van der Waals surface area contributed by atoms with Crippen molar-refractivity contribution in [2.75, 3.05) is 4.90 Å². The Morgan fingerprint density at radius 1 is 0.339 bits per heavy atom. The quantitative estimate of drug-likeness (QED) is 0.167. The lowest BCUT2D eigenvalue weighted by molar-refractivity contribution is 0.669. The van der Waals surface area contributed by atoms with Crippen LogP contribution in [0, 0.1) is 0 Å². The van der Waals surface area contributed by atoms with E-state index in [1.807, 2.05) is 11.3 Å². The van der Waals surface area contributed by atoms with E-state index in [1.54, 1.807) is 0 Å². The molecule has 2 heterocycles. The Labute approximate surface area is 345 Å². The maximum absolute atomic E-state index is 6.52. The zero-order valence-electron chi connectivity index (χ0n) is 32.0. The summed E-state index contributed by atoms with van der Waals surface area (Å²) < 4.78 is 9.09. The van der Waals surface area contributed by atoms with Gasteiger partial charge in [-0.3, -0.25) is 0 Å². The lowest BCUT2D eigenvalue weighted by Gasteiger charge is -2.26. The van der Waals surface area contributed by atoms with Crippen molar-refractivity contribution in [3.8, 4) is 33.4 Å². The first-order valence-electron chi connectivity index (χ1n) is 20.1. The molecule has 0 aliphatic carbocycles. The lowest BCUT2D eigenvalue weighted by Crippen LogP contribution is -2.09. The molecule has 0 amide bonds. The summed E-state index contributed by atoms with van der Waals surface area (Å²) in [5.41, 5.74) is 12.2. The molecule has 3 heteroatoms. The van der Waals surface area contributed by atoms with Gasteiger partial charge in [0.25, 0.3) is 0 Å². The Bertz CT molecular complexity index is 3420. The Morgan fingerprint density at radius 2 is 0.847 bits per heavy atom. The molecule has 12 rings (SSSR count). The van der Waals surface area contributed by atoms with Gasteiger partial charge in [-0.2, -0.15) is 0 Å². The number of nitrogens with zero attached hydrogens (tertiary/aromatic N) is 1. The van der Waals surface area contributed by atoms with Gasteiger partial charge in [-0.05, 0) is 128 Å². The van der Waals surface area contributed by atoms with Crippen LogP contribution in [0.2, 0.25) is 0 Å². The molecule has 0 spiro atoms. The zero-order chi connectivity index (χ0) is 38.9. The predicted molar refractivity (Wildman–Crippen MR) is 253 cm³/mol. The number of fused-ring (bicyclic) bond motifs is 9. The van der Waals surface area contributed by atoms with Gasteiger partial charge in [0.05, 0.1) is 0 Å². The molecule has 0 aliphatic heterocycles. The number of rotatable bonds is 6. The fourth-order valence-corrected chi connectivity index (χ4v) is 10.2. The molecule has 2 aromatic heterocycles. The number of thiophene rings is 1. The van der Waals surface area contributed by atoms with Gasteiger partial charge in [-0.1, -0.05) is 140 Å². The number of hydrogen-bond acceptors (Lipinski definition) is 3. The summed E-state index contributed by atoms with van der Waals surface area (Å²) in [7, 11) is 0. The van der Waals surface area contributed by atoms with Gasteiger partial charge < -0.3 is 9.32 Å². The average Bonchev–Trinajstić information content (AvgIpc) is 3.88. The van der Waals surface area contributed by atoms with E-state index in [1.165, 1.54) is 74.9 Å². The van der Waals surface area contributed by atoms with E-state index < -0.39 is 0 Å². The first kappa shape index (κ1) is 33.7. The molecule has 0 aliphatic rings. The van der Waals surface area contributed by atoms with Gasteiger partial charge in [0, 0.05) is 48.0 Å². The summed E-state index contributed by atoms with van der Waals surface area (Å²) in [4.78, 5) is 2.35. The van der Waals surface area contributed by atoms with E-state index in [2.05, 4.69) is 217 Å². The fraction of sp³-hybridized carbons (Fsp3) is 0. The molecule has 0 saturated carbocycles. The molecular weight excluding hydrogens is 735 g/mol. The molecule has 0 saturated heterocycles. The Morgan fingerprint density at radius 3 is 1.46 bits per heavy atom. The van der Waals surface area contributed by atoms with E-state index >= 15 is 0 Å². The molecule has 0 bridgehead atoms. The first-order valence-corrected chi connectivity index (χ1v) is 20.9. The highest BCUT2D eigenvalue weighted by atomic mass is 32.1. The van der Waals surface area contributed by atoms with E-state index in [4.69, 9.17) is 4.42 Å². The highest BCUT2D eigenvalue weighted by molar-refractivity contribution is 7.26. The standard InChI is InChI=1S/C56H35NOS/c1-3-10-41-34-43(18-16-36(41)8-1)38-20-26-45(27-21-38)57(46-28-22-39(23-29-46)44-19-17-37-9-2-4-11-42(37)35-44)47-30-24-40(25-31-47)48-13-7-14-51-54(48)55-52(58-51)33-32-50-49-12-5-6-15-53(49)59-56(50)55/h1-35H. The van der Waals surface area contributed by atoms with Crippen molar-refractivity contribution in [3.63, 3.8) is 0 Å². The third-order valence-electron chi connectivity index (χ3n) is 11.9. The molecule has 12 aromatic rings. The van der Waals surface area contributed by atoms with Gasteiger partial charge >= 0.3 is 0 Å². The second-order valence-electron chi connectivity index (χ2n) is 15.3. The van der Waals surface area contributed by atoms with Crippen LogP contribution in [0.1, 0.15) is 0 Å². The van der Waals surface area contributed by atoms with Crippen molar-refractivity contribution in [3.05, 3.63) is 212 Å². The summed E-state index contributed by atoms with van der Waals surface area (Å²) in [6.07, 6.45) is 0. The summed E-state index contributed by atoms with van der Waals surface area (Å²) in [5, 5.41) is 9.92. The number of hydrogen-bond donors (Lipinski definition) is 0. The molecule has 59 heavy (non-hydrogen) atoms. The lowest BCUT2D eigenvalue weighted by atomic mass is 9.98. The van der Waals surface area contributed by atoms with Crippen molar-refractivity contribution in [2.24, 2.45) is 0 Å². The minimum atomic E-state index is 0.908. The Kier molecular flexibility index (Phi) is 7.75. The molecule has 10 aromatic carbocycles. The molecule has 0 N–H and O–H groups in total. The van der Waals surface area contributed by atoms with Crippen LogP contribution < -0.4 is 4.90 Å². The monoisotopic (exact) mass is 769 g/mol. The topological polar surface area (TPSA) is 16.4 Å². The highest BCUT2D eigenvalue weighted by Crippen LogP contribution is 2.46. The second-order valence-corrected chi connectivity index (χ2v) is 16.3. The number of furan rings is 1. The van der Waals surface area contributed by atoms with Crippen molar-refractivity contribution in [1.82, 2.24) is 0 Å². The molecule has 0 unspecified atom stereocenters. The van der Waals surface area contributed by atoms with E-state index in [0.717, 1.165) is 39.2 Å². The number of benzene rings is 10. The Hall–Kier alpha value is -7.46. The molecule has 276 valence electrons. The summed E-state index contributed by atoms with van der Waals surface area (Å²) in [6.45, 7) is 0. The molecular formula is C56H35NOS. The summed E-state index contributed by atoms with van der Waals surface area (Å²) >= 11 is 1.85. The van der Waals surface area contributed by atoms with Crippen LogP contribution in [-0.2, 0) is 0 Å². The third kappa shape index (κ3) is 5.70. The first-order chi connectivity index (χ1) is 29.2. The van der Waals surface area contributed by atoms with Crippen LogP contribution in [0.25, 0.3) is 97.0 Å². The van der Waals surface area contributed by atoms with Crippen LogP contribution >= 0.6 is 11.3 Å². The van der Waals surface area contributed by atoms with Crippen molar-refractivity contribution >= 4 is 92.1 Å². The van der Waals surface area contributed by atoms with Crippen LogP contribution in [0.3, 0.4) is 0 Å². The smallest absolute Gasteiger partial charge is 0.136 e. The van der Waals surface area contributed by atoms with Gasteiger partial charge in [0.1, 0.15) is 11.2 Å². The summed E-state index contributed by atoms with van der Waals surface area (Å²) in [5.74, 6) is 0. The van der Waals surface area contributed by atoms with Crippen molar-refractivity contribution in [1.29, 1.82) is 0 Å². The minimum Gasteiger partial charge on any atom is -0.456 e. The van der Waals surface area contributed by atoms with Crippen LogP contribution in [-0.4, -0.2) is 0 Å². The predicted octanol–water partition coefficient (Wildman–Crippen LogP) is 16.7. The SMILES string of the molecule is c1ccc2cc(-c3ccc(N(c4ccc(-c5ccc6ccccc6c5)cc4)c4ccc(-c5cccc6oc7ccc8c9ccccc9sc8c7c56)cc4)cc3)ccc2c1. The molecule has 2 nitrogen and oxygen atoms in total. The van der Waals surface area contributed by atoms with Gasteiger partial charge in [0.2, 0.25) is 0 Å². The largest absolute Gasteiger partial charge is 0.456 e. The fourth-order valence-electron chi connectivity index (χ4n) is 8.91. The van der Waals surface area contributed by atoms with Gasteiger partial charge in [-0.15, -0.1) is 11.3 Å². The maximum atomic E-state index is 6.52. The minimum absolute atomic E-state index is 0.908. The zero-order valence-corrected chi connectivity index (χ0v) is 32.8. The Balaban J connectivity index is 0.957. The van der Waals surface area contributed by atoms with Crippen LogP contribution in [0.15, 0.2) is 217 Å². The molecule has 0 fully saturated rings. The van der Waals surface area contributed by atoms with Gasteiger partial charge in [0.15, 0.2) is 0 Å². The van der Waals surface area contributed by atoms with Crippen LogP contribution in [0.4, 0.5) is 17.1 Å². The van der Waals surface area contributed by atoms with Crippen LogP contribution in [0.5, 0.6) is 0 Å². The van der Waals surface area contributed by atoms with Gasteiger partial charge in [-0.25, -0.2) is 0 Å². The maximum Gasteiger partial charge on any atom is 0.136 e. The highest BCUT2D eigenvalue weighted by Gasteiger charge is 2.19. The van der Waals surface area contributed by atoms with E-state index in [0.29, 0.717) is 0 Å². The van der Waals surface area contributed by atoms with E-state index in [-0.39, 0.29) is 0 Å².